The molecule has 0 aromatic heterocycles. The third kappa shape index (κ3) is 4.87. The highest BCUT2D eigenvalue weighted by molar-refractivity contribution is 5.94. The molecule has 1 fully saturated rings. The van der Waals surface area contributed by atoms with Crippen LogP contribution >= 0.6 is 0 Å². The first-order valence-electron chi connectivity index (χ1n) is 8.64. The van der Waals surface area contributed by atoms with E-state index in [0.29, 0.717) is 23.3 Å². The lowest BCUT2D eigenvalue weighted by atomic mass is 9.78. The van der Waals surface area contributed by atoms with Crippen LogP contribution in [0.4, 0.5) is 0 Å². The van der Waals surface area contributed by atoms with Crippen LogP contribution in [0.2, 0.25) is 0 Å². The zero-order chi connectivity index (χ0) is 18.4. The SMILES string of the molecule is COc1ccc(C(=O)OCC(=O)N[C@@H]2CCC[C@@H](C)[C@H]2C)c(OC)c1. The first-order valence-corrected chi connectivity index (χ1v) is 8.64. The van der Waals surface area contributed by atoms with E-state index in [4.69, 9.17) is 14.2 Å². The van der Waals surface area contributed by atoms with Gasteiger partial charge in [0.05, 0.1) is 14.2 Å². The van der Waals surface area contributed by atoms with E-state index in [2.05, 4.69) is 19.2 Å². The Labute approximate surface area is 148 Å². The van der Waals surface area contributed by atoms with E-state index in [0.717, 1.165) is 12.8 Å². The van der Waals surface area contributed by atoms with Gasteiger partial charge in [0, 0.05) is 12.1 Å². The van der Waals surface area contributed by atoms with E-state index in [-0.39, 0.29) is 24.1 Å². The molecular weight excluding hydrogens is 322 g/mol. The Morgan fingerprint density at radius 3 is 2.60 bits per heavy atom. The van der Waals surface area contributed by atoms with Crippen molar-refractivity contribution in [2.45, 2.75) is 39.2 Å². The molecule has 1 amide bonds. The normalized spacial score (nSPS) is 22.8. The molecule has 0 aliphatic heterocycles. The van der Waals surface area contributed by atoms with E-state index in [1.54, 1.807) is 18.2 Å². The van der Waals surface area contributed by atoms with Crippen molar-refractivity contribution in [1.29, 1.82) is 0 Å². The molecule has 1 aromatic carbocycles. The number of methoxy groups -OCH3 is 2. The first-order chi connectivity index (χ1) is 12.0. The smallest absolute Gasteiger partial charge is 0.342 e. The monoisotopic (exact) mass is 349 g/mol. The number of benzene rings is 1. The molecular formula is C19H27NO5. The van der Waals surface area contributed by atoms with Gasteiger partial charge in [0.2, 0.25) is 0 Å². The van der Waals surface area contributed by atoms with Crippen molar-refractivity contribution in [2.75, 3.05) is 20.8 Å². The summed E-state index contributed by atoms with van der Waals surface area (Å²) >= 11 is 0. The van der Waals surface area contributed by atoms with Gasteiger partial charge in [0.1, 0.15) is 17.1 Å². The van der Waals surface area contributed by atoms with Crippen LogP contribution in [0.3, 0.4) is 0 Å². The second-order valence-electron chi connectivity index (χ2n) is 6.58. The van der Waals surface area contributed by atoms with E-state index in [9.17, 15) is 9.59 Å². The van der Waals surface area contributed by atoms with Crippen molar-refractivity contribution >= 4 is 11.9 Å². The zero-order valence-electron chi connectivity index (χ0n) is 15.3. The molecule has 2 rings (SSSR count). The lowest BCUT2D eigenvalue weighted by Crippen LogP contribution is -2.45. The van der Waals surface area contributed by atoms with Gasteiger partial charge in [0.25, 0.3) is 5.91 Å². The number of nitrogens with one attached hydrogen (secondary N) is 1. The molecule has 0 radical (unpaired) electrons. The largest absolute Gasteiger partial charge is 0.497 e. The van der Waals surface area contributed by atoms with Crippen molar-refractivity contribution < 1.29 is 23.8 Å². The van der Waals surface area contributed by atoms with Gasteiger partial charge in [-0.05, 0) is 30.4 Å². The highest BCUT2D eigenvalue weighted by atomic mass is 16.5. The zero-order valence-corrected chi connectivity index (χ0v) is 15.3. The molecule has 6 nitrogen and oxygen atoms in total. The van der Waals surface area contributed by atoms with Crippen LogP contribution < -0.4 is 14.8 Å². The predicted molar refractivity (Wildman–Crippen MR) is 93.9 cm³/mol. The van der Waals surface area contributed by atoms with Crippen LogP contribution in [-0.2, 0) is 9.53 Å². The molecule has 3 atom stereocenters. The molecule has 0 heterocycles. The lowest BCUT2D eigenvalue weighted by Gasteiger charge is -2.34. The molecule has 0 saturated heterocycles. The van der Waals surface area contributed by atoms with Crippen LogP contribution in [0.15, 0.2) is 18.2 Å². The fourth-order valence-electron chi connectivity index (χ4n) is 3.21. The van der Waals surface area contributed by atoms with E-state index < -0.39 is 5.97 Å². The summed E-state index contributed by atoms with van der Waals surface area (Å²) in [5.41, 5.74) is 0.260. The van der Waals surface area contributed by atoms with E-state index in [1.807, 2.05) is 0 Å². The molecule has 138 valence electrons. The minimum atomic E-state index is -0.597. The quantitative estimate of drug-likeness (QED) is 0.800. The number of hydrogen-bond acceptors (Lipinski definition) is 5. The Morgan fingerprint density at radius 2 is 1.92 bits per heavy atom. The highest BCUT2D eigenvalue weighted by Gasteiger charge is 2.28. The van der Waals surface area contributed by atoms with Gasteiger partial charge in [-0.25, -0.2) is 4.79 Å². The molecule has 1 aromatic rings. The number of esters is 1. The number of ether oxygens (including phenoxy) is 3. The lowest BCUT2D eigenvalue weighted by molar-refractivity contribution is -0.125. The van der Waals surface area contributed by atoms with Crippen LogP contribution in [0.1, 0.15) is 43.5 Å². The van der Waals surface area contributed by atoms with Crippen LogP contribution in [0.5, 0.6) is 11.5 Å². The average molecular weight is 349 g/mol. The Morgan fingerprint density at radius 1 is 1.16 bits per heavy atom. The van der Waals surface area contributed by atoms with Gasteiger partial charge in [-0.2, -0.15) is 0 Å². The van der Waals surface area contributed by atoms with Gasteiger partial charge in [-0.15, -0.1) is 0 Å². The Bertz CT molecular complexity index is 616. The third-order valence-corrected chi connectivity index (χ3v) is 5.02. The van der Waals surface area contributed by atoms with Crippen molar-refractivity contribution in [1.82, 2.24) is 5.32 Å². The first kappa shape index (κ1) is 19.1. The van der Waals surface area contributed by atoms with E-state index in [1.165, 1.54) is 20.6 Å². The Balaban J connectivity index is 1.90. The fraction of sp³-hybridized carbons (Fsp3) is 0.579. The highest BCUT2D eigenvalue weighted by Crippen LogP contribution is 2.29. The summed E-state index contributed by atoms with van der Waals surface area (Å²) in [7, 11) is 2.99. The Hall–Kier alpha value is -2.24. The number of hydrogen-bond donors (Lipinski definition) is 1. The van der Waals surface area contributed by atoms with Crippen molar-refractivity contribution in [3.63, 3.8) is 0 Å². The summed E-state index contributed by atoms with van der Waals surface area (Å²) in [5.74, 6) is 1.07. The summed E-state index contributed by atoms with van der Waals surface area (Å²) in [6, 6.07) is 4.94. The standard InChI is InChI=1S/C19H27NO5/c1-12-6-5-7-16(13(12)2)20-18(21)11-25-19(22)15-9-8-14(23-3)10-17(15)24-4/h8-10,12-13,16H,5-7,11H2,1-4H3,(H,20,21)/t12-,13-,16-/m1/s1. The summed E-state index contributed by atoms with van der Waals surface area (Å²) in [5, 5.41) is 2.99. The van der Waals surface area contributed by atoms with Gasteiger partial charge < -0.3 is 19.5 Å². The predicted octanol–water partition coefficient (Wildman–Crippen LogP) is 2.80. The molecule has 25 heavy (non-hydrogen) atoms. The summed E-state index contributed by atoms with van der Waals surface area (Å²) in [6.45, 7) is 4.06. The second kappa shape index (κ2) is 8.74. The number of carbonyl (C=O) groups is 2. The molecule has 0 bridgehead atoms. The number of carbonyl (C=O) groups excluding carboxylic acids is 2. The maximum absolute atomic E-state index is 12.2. The molecule has 6 heteroatoms. The van der Waals surface area contributed by atoms with Crippen molar-refractivity contribution in [3.8, 4) is 11.5 Å². The minimum absolute atomic E-state index is 0.144. The maximum atomic E-state index is 12.2. The van der Waals surface area contributed by atoms with Gasteiger partial charge in [-0.3, -0.25) is 4.79 Å². The Kier molecular flexibility index (Phi) is 6.67. The topological polar surface area (TPSA) is 73.9 Å². The van der Waals surface area contributed by atoms with Crippen LogP contribution in [-0.4, -0.2) is 38.7 Å². The second-order valence-corrected chi connectivity index (χ2v) is 6.58. The van der Waals surface area contributed by atoms with Gasteiger partial charge >= 0.3 is 5.97 Å². The molecule has 1 N–H and O–H groups in total. The third-order valence-electron chi connectivity index (χ3n) is 5.02. The van der Waals surface area contributed by atoms with Crippen molar-refractivity contribution in [2.24, 2.45) is 11.8 Å². The van der Waals surface area contributed by atoms with Crippen LogP contribution in [0.25, 0.3) is 0 Å². The summed E-state index contributed by atoms with van der Waals surface area (Å²) in [6.07, 6.45) is 3.27. The summed E-state index contributed by atoms with van der Waals surface area (Å²) < 4.78 is 15.4. The van der Waals surface area contributed by atoms with Gasteiger partial charge in [-0.1, -0.05) is 26.7 Å². The number of amides is 1. The van der Waals surface area contributed by atoms with Gasteiger partial charge in [0.15, 0.2) is 6.61 Å². The molecule has 1 aliphatic rings. The fourth-order valence-corrected chi connectivity index (χ4v) is 3.21. The molecule has 1 saturated carbocycles. The maximum Gasteiger partial charge on any atom is 0.342 e. The summed E-state index contributed by atoms with van der Waals surface area (Å²) in [4.78, 5) is 24.3. The molecule has 1 aliphatic carbocycles. The molecule has 0 spiro atoms. The van der Waals surface area contributed by atoms with Crippen molar-refractivity contribution in [3.05, 3.63) is 23.8 Å². The van der Waals surface area contributed by atoms with E-state index >= 15 is 0 Å². The average Bonchev–Trinajstić information content (AvgIpc) is 2.62. The number of rotatable bonds is 6. The minimum Gasteiger partial charge on any atom is -0.497 e. The molecule has 0 unspecified atom stereocenters. The van der Waals surface area contributed by atoms with Crippen LogP contribution in [0, 0.1) is 11.8 Å².